The van der Waals surface area contributed by atoms with Crippen molar-refractivity contribution in [3.63, 3.8) is 0 Å². The molecule has 86 valence electrons. The van der Waals surface area contributed by atoms with E-state index >= 15 is 0 Å². The lowest BCUT2D eigenvalue weighted by Crippen LogP contribution is -2.09. The Balaban J connectivity index is 2.47. The minimum atomic E-state index is -0.293. The van der Waals surface area contributed by atoms with Crippen molar-refractivity contribution in [2.24, 2.45) is 0 Å². The highest BCUT2D eigenvalue weighted by Gasteiger charge is 1.98. The van der Waals surface area contributed by atoms with Crippen LogP contribution in [0.25, 0.3) is 0 Å². The van der Waals surface area contributed by atoms with Crippen LogP contribution in [-0.2, 0) is 20.9 Å². The molecule has 0 aliphatic carbocycles. The fourth-order valence-electron chi connectivity index (χ4n) is 1.13. The quantitative estimate of drug-likeness (QED) is 0.769. The summed E-state index contributed by atoms with van der Waals surface area (Å²) >= 11 is 0. The van der Waals surface area contributed by atoms with Crippen LogP contribution >= 0.6 is 0 Å². The smallest absolute Gasteiger partial charge is 0.302 e. The highest BCUT2D eigenvalue weighted by molar-refractivity contribution is 5.80. The van der Waals surface area contributed by atoms with Crippen LogP contribution in [0.5, 0.6) is 0 Å². The SMILES string of the molecule is CC(=O)CNc1ccc(COC(C)=O)cc1. The Morgan fingerprint density at radius 2 is 1.81 bits per heavy atom. The number of anilines is 1. The van der Waals surface area contributed by atoms with Crippen molar-refractivity contribution in [3.05, 3.63) is 29.8 Å². The first kappa shape index (κ1) is 12.2. The van der Waals surface area contributed by atoms with Crippen molar-refractivity contribution in [1.82, 2.24) is 0 Å². The standard InChI is InChI=1S/C12H15NO3/c1-9(14)7-13-12-5-3-11(4-6-12)8-16-10(2)15/h3-6,13H,7-8H2,1-2H3. The Morgan fingerprint density at radius 3 is 2.31 bits per heavy atom. The molecule has 0 unspecified atom stereocenters. The second-order valence-electron chi connectivity index (χ2n) is 3.53. The molecular weight excluding hydrogens is 206 g/mol. The fraction of sp³-hybridized carbons (Fsp3) is 0.333. The third-order valence-corrected chi connectivity index (χ3v) is 1.94. The Bertz CT molecular complexity index is 333. The van der Waals surface area contributed by atoms with Crippen LogP contribution in [0, 0.1) is 0 Å². The molecule has 4 nitrogen and oxygen atoms in total. The summed E-state index contributed by atoms with van der Waals surface area (Å²) in [5.41, 5.74) is 1.80. The highest BCUT2D eigenvalue weighted by Crippen LogP contribution is 2.10. The van der Waals surface area contributed by atoms with Gasteiger partial charge in [-0.2, -0.15) is 0 Å². The minimum absolute atomic E-state index is 0.0870. The Kier molecular flexibility index (Phi) is 4.51. The Labute approximate surface area is 94.6 Å². The van der Waals surface area contributed by atoms with Crippen LogP contribution in [0.1, 0.15) is 19.4 Å². The fourth-order valence-corrected chi connectivity index (χ4v) is 1.13. The Morgan fingerprint density at radius 1 is 1.19 bits per heavy atom. The van der Waals surface area contributed by atoms with E-state index in [0.717, 1.165) is 11.3 Å². The zero-order valence-electron chi connectivity index (χ0n) is 9.45. The van der Waals surface area contributed by atoms with Crippen molar-refractivity contribution in [1.29, 1.82) is 0 Å². The predicted octanol–water partition coefficient (Wildman–Crippen LogP) is 1.75. The molecule has 1 aromatic rings. The number of hydrogen-bond acceptors (Lipinski definition) is 4. The summed E-state index contributed by atoms with van der Waals surface area (Å²) in [5, 5.41) is 2.98. The molecule has 0 amide bonds. The number of esters is 1. The summed E-state index contributed by atoms with van der Waals surface area (Å²) in [7, 11) is 0. The number of Topliss-reactive ketones (excluding diaryl/α,β-unsaturated/α-hetero) is 1. The van der Waals surface area contributed by atoms with E-state index in [9.17, 15) is 9.59 Å². The maximum atomic E-state index is 10.7. The molecule has 0 saturated carbocycles. The number of rotatable bonds is 5. The molecule has 16 heavy (non-hydrogen) atoms. The summed E-state index contributed by atoms with van der Waals surface area (Å²) in [6, 6.07) is 7.40. The molecule has 4 heteroatoms. The molecule has 0 radical (unpaired) electrons. The van der Waals surface area contributed by atoms with Gasteiger partial charge in [-0.1, -0.05) is 12.1 Å². The number of carbonyl (C=O) groups is 2. The molecule has 0 heterocycles. The largest absolute Gasteiger partial charge is 0.461 e. The van der Waals surface area contributed by atoms with E-state index in [1.54, 1.807) is 0 Å². The molecular formula is C12H15NO3. The molecule has 1 aromatic carbocycles. The van der Waals surface area contributed by atoms with Crippen molar-refractivity contribution < 1.29 is 14.3 Å². The van der Waals surface area contributed by atoms with Gasteiger partial charge in [-0.15, -0.1) is 0 Å². The van der Waals surface area contributed by atoms with Gasteiger partial charge in [0.25, 0.3) is 0 Å². The lowest BCUT2D eigenvalue weighted by Gasteiger charge is -2.06. The van der Waals surface area contributed by atoms with E-state index in [-0.39, 0.29) is 18.4 Å². The Hall–Kier alpha value is -1.84. The second kappa shape index (κ2) is 5.90. The zero-order valence-corrected chi connectivity index (χ0v) is 9.45. The van der Waals surface area contributed by atoms with Gasteiger partial charge in [0.2, 0.25) is 0 Å². The molecule has 0 aliphatic rings. The van der Waals surface area contributed by atoms with Crippen molar-refractivity contribution in [3.8, 4) is 0 Å². The molecule has 0 atom stereocenters. The molecule has 0 saturated heterocycles. The van der Waals surface area contributed by atoms with Crippen LogP contribution in [0.15, 0.2) is 24.3 Å². The highest BCUT2D eigenvalue weighted by atomic mass is 16.5. The average molecular weight is 221 g/mol. The summed E-state index contributed by atoms with van der Waals surface area (Å²) in [6.07, 6.45) is 0. The summed E-state index contributed by atoms with van der Waals surface area (Å²) in [5.74, 6) is -0.206. The number of hydrogen-bond donors (Lipinski definition) is 1. The first-order chi connectivity index (χ1) is 7.58. The second-order valence-corrected chi connectivity index (χ2v) is 3.53. The minimum Gasteiger partial charge on any atom is -0.461 e. The number of nitrogens with one attached hydrogen (secondary N) is 1. The van der Waals surface area contributed by atoms with Crippen LogP contribution in [0.2, 0.25) is 0 Å². The van der Waals surface area contributed by atoms with E-state index in [4.69, 9.17) is 4.74 Å². The van der Waals surface area contributed by atoms with E-state index < -0.39 is 0 Å². The summed E-state index contributed by atoms with van der Waals surface area (Å²) < 4.78 is 4.85. The number of benzene rings is 1. The average Bonchev–Trinajstić information content (AvgIpc) is 2.25. The number of ketones is 1. The number of carbonyl (C=O) groups excluding carboxylic acids is 2. The van der Waals surface area contributed by atoms with Gasteiger partial charge < -0.3 is 10.1 Å². The van der Waals surface area contributed by atoms with Gasteiger partial charge in [-0.25, -0.2) is 0 Å². The van der Waals surface area contributed by atoms with E-state index in [2.05, 4.69) is 5.32 Å². The molecule has 1 N–H and O–H groups in total. The van der Waals surface area contributed by atoms with Crippen LogP contribution in [-0.4, -0.2) is 18.3 Å². The van der Waals surface area contributed by atoms with Gasteiger partial charge in [-0.05, 0) is 24.6 Å². The molecule has 0 fully saturated rings. The lowest BCUT2D eigenvalue weighted by molar-refractivity contribution is -0.142. The monoisotopic (exact) mass is 221 g/mol. The molecule has 0 aliphatic heterocycles. The zero-order chi connectivity index (χ0) is 12.0. The van der Waals surface area contributed by atoms with Crippen molar-refractivity contribution in [2.75, 3.05) is 11.9 Å². The molecule has 0 bridgehead atoms. The van der Waals surface area contributed by atoms with Crippen LogP contribution < -0.4 is 5.32 Å². The van der Waals surface area contributed by atoms with Gasteiger partial charge in [0.1, 0.15) is 12.4 Å². The lowest BCUT2D eigenvalue weighted by atomic mass is 10.2. The van der Waals surface area contributed by atoms with Crippen molar-refractivity contribution in [2.45, 2.75) is 20.5 Å². The first-order valence-corrected chi connectivity index (χ1v) is 5.03. The van der Waals surface area contributed by atoms with Crippen molar-refractivity contribution >= 4 is 17.4 Å². The maximum absolute atomic E-state index is 10.7. The molecule has 1 rings (SSSR count). The first-order valence-electron chi connectivity index (χ1n) is 5.03. The van der Waals surface area contributed by atoms with E-state index in [1.165, 1.54) is 13.8 Å². The maximum Gasteiger partial charge on any atom is 0.302 e. The van der Waals surface area contributed by atoms with Gasteiger partial charge in [0, 0.05) is 12.6 Å². The summed E-state index contributed by atoms with van der Waals surface area (Å²) in [6.45, 7) is 3.51. The van der Waals surface area contributed by atoms with Gasteiger partial charge >= 0.3 is 5.97 Å². The summed E-state index contributed by atoms with van der Waals surface area (Å²) in [4.78, 5) is 21.3. The molecule has 0 spiro atoms. The normalized spacial score (nSPS) is 9.62. The van der Waals surface area contributed by atoms with Crippen LogP contribution in [0.3, 0.4) is 0 Å². The predicted molar refractivity (Wildman–Crippen MR) is 61.1 cm³/mol. The van der Waals surface area contributed by atoms with Gasteiger partial charge in [0.15, 0.2) is 0 Å². The van der Waals surface area contributed by atoms with Crippen LogP contribution in [0.4, 0.5) is 5.69 Å². The van der Waals surface area contributed by atoms with E-state index in [1.807, 2.05) is 24.3 Å². The van der Waals surface area contributed by atoms with Gasteiger partial charge in [0.05, 0.1) is 6.54 Å². The van der Waals surface area contributed by atoms with E-state index in [0.29, 0.717) is 6.54 Å². The number of ether oxygens (including phenoxy) is 1. The third-order valence-electron chi connectivity index (χ3n) is 1.94. The third kappa shape index (κ3) is 4.59. The van der Waals surface area contributed by atoms with Gasteiger partial charge in [-0.3, -0.25) is 9.59 Å². The topological polar surface area (TPSA) is 55.4 Å². The molecule has 0 aromatic heterocycles.